The monoisotopic (exact) mass is 483 g/mol. The van der Waals surface area contributed by atoms with Crippen LogP contribution in [0.3, 0.4) is 0 Å². The molecule has 0 aliphatic carbocycles. The number of nitrogens with zero attached hydrogens (tertiary/aromatic N) is 5. The van der Waals surface area contributed by atoms with Crippen molar-refractivity contribution in [1.82, 2.24) is 24.7 Å². The molecule has 4 rings (SSSR count). The van der Waals surface area contributed by atoms with Gasteiger partial charge in [-0.1, -0.05) is 11.2 Å². The number of rotatable bonds is 5. The molecule has 12 nitrogen and oxygen atoms in total. The van der Waals surface area contributed by atoms with E-state index in [9.17, 15) is 26.4 Å². The Morgan fingerprint density at radius 3 is 2.64 bits per heavy atom. The van der Waals surface area contributed by atoms with Gasteiger partial charge in [0, 0.05) is 11.8 Å². The lowest BCUT2D eigenvalue weighted by molar-refractivity contribution is -0.159. The Labute approximate surface area is 182 Å². The van der Waals surface area contributed by atoms with Gasteiger partial charge in [0.05, 0.1) is 17.4 Å². The molecule has 3 N–H and O–H groups in total. The van der Waals surface area contributed by atoms with Crippen LogP contribution in [0, 0.1) is 0 Å². The summed E-state index contributed by atoms with van der Waals surface area (Å²) < 4.78 is 71.1. The van der Waals surface area contributed by atoms with Crippen LogP contribution in [0.2, 0.25) is 0 Å². The fraction of sp³-hybridized carbons (Fsp3) is 0.118. The number of hydrogen-bond donors (Lipinski definition) is 2. The summed E-state index contributed by atoms with van der Waals surface area (Å²) in [7, 11) is -3.95. The lowest BCUT2D eigenvalue weighted by Gasteiger charge is -2.10. The normalized spacial score (nSPS) is 12.1. The van der Waals surface area contributed by atoms with Crippen molar-refractivity contribution in [2.24, 2.45) is 5.14 Å². The molecule has 0 unspecified atom stereocenters. The number of pyridine rings is 2. The molecule has 0 bridgehead atoms. The number of anilines is 1. The predicted octanol–water partition coefficient (Wildman–Crippen LogP) is 2.19. The van der Waals surface area contributed by atoms with Crippen molar-refractivity contribution < 1.29 is 35.6 Å². The van der Waals surface area contributed by atoms with Gasteiger partial charge < -0.3 is 9.26 Å². The first-order valence-electron chi connectivity index (χ1n) is 8.82. The third-order valence-corrected chi connectivity index (χ3v) is 4.97. The van der Waals surface area contributed by atoms with E-state index in [1.54, 1.807) is 0 Å². The molecular weight excluding hydrogens is 471 g/mol. The lowest BCUT2D eigenvalue weighted by atomic mass is 10.2. The summed E-state index contributed by atoms with van der Waals surface area (Å²) in [5, 5.41) is 14.5. The average Bonchev–Trinajstić information content (AvgIpc) is 3.42. The third kappa shape index (κ3) is 4.75. The van der Waals surface area contributed by atoms with Gasteiger partial charge in [-0.05, 0) is 24.3 Å². The smallest absolute Gasteiger partial charge is 0.444 e. The van der Waals surface area contributed by atoms with Crippen LogP contribution in [0.1, 0.15) is 11.5 Å². The number of halogens is 3. The van der Waals surface area contributed by atoms with Gasteiger partial charge in [-0.15, -0.1) is 0 Å². The molecule has 33 heavy (non-hydrogen) atoms. The van der Waals surface area contributed by atoms with Crippen molar-refractivity contribution in [3.63, 3.8) is 0 Å². The first-order valence-corrected chi connectivity index (χ1v) is 10.4. The molecular formula is C17H12F3N7O5S. The highest BCUT2D eigenvalue weighted by molar-refractivity contribution is 7.89. The van der Waals surface area contributed by atoms with E-state index < -0.39 is 28.2 Å². The van der Waals surface area contributed by atoms with Crippen molar-refractivity contribution in [3.05, 3.63) is 54.2 Å². The number of nitrogens with two attached hydrogens (primary N) is 1. The van der Waals surface area contributed by atoms with Crippen molar-refractivity contribution in [3.8, 4) is 11.5 Å². The Kier molecular flexibility index (Phi) is 5.46. The minimum absolute atomic E-state index is 0.0918. The van der Waals surface area contributed by atoms with Gasteiger partial charge in [-0.2, -0.15) is 23.3 Å². The second-order valence-electron chi connectivity index (χ2n) is 6.43. The van der Waals surface area contributed by atoms with Gasteiger partial charge in [0.15, 0.2) is 5.03 Å². The number of alkyl halides is 3. The van der Waals surface area contributed by atoms with Crippen LogP contribution in [0.4, 0.5) is 23.7 Å². The molecule has 1 amide bonds. The van der Waals surface area contributed by atoms with Gasteiger partial charge in [-0.3, -0.25) is 5.32 Å². The number of ether oxygens (including phenoxy) is 1. The number of primary sulfonamides is 1. The van der Waals surface area contributed by atoms with Gasteiger partial charge in [0.2, 0.25) is 5.82 Å². The SMILES string of the molecule is NS(=O)(=O)c1ccc(COC(=O)Nc2ccc(-c3noc(C(F)(F)F)n3)n3nccc23)cn1. The first-order chi connectivity index (χ1) is 15.5. The molecule has 4 heterocycles. The van der Waals surface area contributed by atoms with Gasteiger partial charge in [0.25, 0.3) is 10.0 Å². The lowest BCUT2D eigenvalue weighted by Crippen LogP contribution is -2.15. The number of aromatic nitrogens is 5. The zero-order chi connectivity index (χ0) is 23.8. The van der Waals surface area contributed by atoms with E-state index in [0.717, 1.165) is 0 Å². The molecule has 0 saturated heterocycles. The van der Waals surface area contributed by atoms with Crippen LogP contribution in [0.15, 0.2) is 52.3 Å². The van der Waals surface area contributed by atoms with E-state index in [1.807, 2.05) is 0 Å². The number of sulfonamides is 1. The zero-order valence-electron chi connectivity index (χ0n) is 16.1. The minimum Gasteiger partial charge on any atom is -0.444 e. The van der Waals surface area contributed by atoms with E-state index in [2.05, 4.69) is 30.1 Å². The molecule has 16 heteroatoms. The number of nitrogens with one attached hydrogen (secondary N) is 1. The minimum atomic E-state index is -4.80. The van der Waals surface area contributed by atoms with Gasteiger partial charge in [0.1, 0.15) is 12.3 Å². The highest BCUT2D eigenvalue weighted by Crippen LogP contribution is 2.30. The van der Waals surface area contributed by atoms with Gasteiger partial charge >= 0.3 is 18.2 Å². The summed E-state index contributed by atoms with van der Waals surface area (Å²) in [6, 6.07) is 6.79. The molecule has 0 spiro atoms. The Hall–Kier alpha value is -4.05. The summed E-state index contributed by atoms with van der Waals surface area (Å²) in [5.74, 6) is -1.85. The van der Waals surface area contributed by atoms with Crippen molar-refractivity contribution in [1.29, 1.82) is 0 Å². The summed E-state index contributed by atoms with van der Waals surface area (Å²) in [5.41, 5.74) is 1.06. The molecule has 0 atom stereocenters. The molecule has 0 aliphatic rings. The topological polar surface area (TPSA) is 168 Å². The van der Waals surface area contributed by atoms with Crippen LogP contribution >= 0.6 is 0 Å². The van der Waals surface area contributed by atoms with Crippen LogP contribution in [-0.2, 0) is 27.5 Å². The Balaban J connectivity index is 1.48. The Bertz CT molecular complexity index is 1430. The third-order valence-electron chi connectivity index (χ3n) is 4.15. The zero-order valence-corrected chi connectivity index (χ0v) is 17.0. The number of hydrogen-bond acceptors (Lipinski definition) is 9. The highest BCUT2D eigenvalue weighted by Gasteiger charge is 2.38. The molecule has 0 radical (unpaired) electrons. The van der Waals surface area contributed by atoms with Crippen molar-refractivity contribution in [2.75, 3.05) is 5.32 Å². The van der Waals surface area contributed by atoms with Gasteiger partial charge in [-0.25, -0.2) is 27.9 Å². The maximum atomic E-state index is 12.7. The maximum absolute atomic E-state index is 12.7. The molecule has 4 aromatic heterocycles. The van der Waals surface area contributed by atoms with Crippen LogP contribution < -0.4 is 10.5 Å². The van der Waals surface area contributed by atoms with Crippen LogP contribution in [0.5, 0.6) is 0 Å². The highest BCUT2D eigenvalue weighted by atomic mass is 32.2. The van der Waals surface area contributed by atoms with Crippen LogP contribution in [0.25, 0.3) is 17.0 Å². The van der Waals surface area contributed by atoms with E-state index in [0.29, 0.717) is 11.1 Å². The molecule has 0 aromatic carbocycles. The fourth-order valence-corrected chi connectivity index (χ4v) is 3.15. The molecule has 4 aromatic rings. The summed E-state index contributed by atoms with van der Waals surface area (Å²) in [4.78, 5) is 19.2. The first kappa shape index (κ1) is 22.2. The number of amides is 1. The quantitative estimate of drug-likeness (QED) is 0.432. The second-order valence-corrected chi connectivity index (χ2v) is 7.94. The second kappa shape index (κ2) is 8.14. The predicted molar refractivity (Wildman–Crippen MR) is 103 cm³/mol. The van der Waals surface area contributed by atoms with Crippen molar-refractivity contribution in [2.45, 2.75) is 17.8 Å². The maximum Gasteiger partial charge on any atom is 0.471 e. The van der Waals surface area contributed by atoms with E-state index in [4.69, 9.17) is 9.88 Å². The number of fused-ring (bicyclic) bond motifs is 1. The average molecular weight is 483 g/mol. The molecule has 0 aliphatic heterocycles. The van der Waals surface area contributed by atoms with Crippen molar-refractivity contribution >= 4 is 27.3 Å². The largest absolute Gasteiger partial charge is 0.471 e. The molecule has 0 fully saturated rings. The summed E-state index contributed by atoms with van der Waals surface area (Å²) in [6.07, 6.45) is -3.11. The van der Waals surface area contributed by atoms with Crippen LogP contribution in [-0.4, -0.2) is 39.2 Å². The molecule has 172 valence electrons. The Morgan fingerprint density at radius 1 is 1.21 bits per heavy atom. The van der Waals surface area contributed by atoms with E-state index >= 15 is 0 Å². The number of carbonyl (C=O) groups excluding carboxylic acids is 1. The van der Waals surface area contributed by atoms with E-state index in [-0.39, 0.29) is 28.8 Å². The summed E-state index contributed by atoms with van der Waals surface area (Å²) in [6.45, 7) is -0.222. The number of carbonyl (C=O) groups is 1. The fourth-order valence-electron chi connectivity index (χ4n) is 2.69. The Morgan fingerprint density at radius 2 is 2.00 bits per heavy atom. The standard InChI is InChI=1S/C17H12F3N7O5S/c18-17(19,20)15-25-14(26-32-15)12-3-2-10(11-5-6-23-27(11)12)24-16(28)31-8-9-1-4-13(22-7-9)33(21,29)30/h1-7H,8H2,(H,24,28)(H2,21,29,30). The summed E-state index contributed by atoms with van der Waals surface area (Å²) >= 11 is 0. The van der Waals surface area contributed by atoms with E-state index in [1.165, 1.54) is 47.2 Å². The molecule has 0 saturated carbocycles.